The van der Waals surface area contributed by atoms with Gasteiger partial charge < -0.3 is 4.90 Å². The van der Waals surface area contributed by atoms with Gasteiger partial charge in [0.15, 0.2) is 0 Å². The first-order valence-electron chi connectivity index (χ1n) is 7.68. The van der Waals surface area contributed by atoms with Crippen molar-refractivity contribution in [3.8, 4) is 6.07 Å². The van der Waals surface area contributed by atoms with Crippen LogP contribution < -0.4 is 4.72 Å². The van der Waals surface area contributed by atoms with Gasteiger partial charge in [0.05, 0.1) is 22.6 Å². The molecule has 6 nitrogen and oxygen atoms in total. The van der Waals surface area contributed by atoms with Crippen molar-refractivity contribution in [2.45, 2.75) is 50.1 Å². The summed E-state index contributed by atoms with van der Waals surface area (Å²) in [5.74, 6) is -0.200. The Labute approximate surface area is 137 Å². The van der Waals surface area contributed by atoms with Gasteiger partial charge in [0.25, 0.3) is 0 Å². The number of amides is 1. The third-order valence-corrected chi connectivity index (χ3v) is 5.64. The van der Waals surface area contributed by atoms with Gasteiger partial charge in [0, 0.05) is 12.6 Å². The fraction of sp³-hybridized carbons (Fsp3) is 0.500. The van der Waals surface area contributed by atoms with Crippen molar-refractivity contribution in [3.63, 3.8) is 0 Å². The second-order valence-corrected chi connectivity index (χ2v) is 7.57. The summed E-state index contributed by atoms with van der Waals surface area (Å²) in [4.78, 5) is 14.3. The Kier molecular flexibility index (Phi) is 5.39. The number of hydrogen-bond donors (Lipinski definition) is 1. The number of nitrogens with zero attached hydrogens (tertiary/aromatic N) is 2. The first kappa shape index (κ1) is 17.4. The van der Waals surface area contributed by atoms with E-state index in [0.29, 0.717) is 12.1 Å². The maximum atomic E-state index is 12.5. The monoisotopic (exact) mass is 335 g/mol. The standard InChI is InChI=1S/C16H21N3O3S/c1-12-5-3-4-10-19(12)16(20)13(2)18-23(21,22)15-8-6-14(11-17)7-9-15/h6-9,12-13,18H,3-5,10H2,1-2H3/t12-,13+/m0/s1. The van der Waals surface area contributed by atoms with Crippen LogP contribution in [-0.4, -0.2) is 37.9 Å². The number of carbonyl (C=O) groups is 1. The highest BCUT2D eigenvalue weighted by atomic mass is 32.2. The topological polar surface area (TPSA) is 90.3 Å². The van der Waals surface area contributed by atoms with Crippen LogP contribution in [0.15, 0.2) is 29.2 Å². The van der Waals surface area contributed by atoms with Crippen LogP contribution >= 0.6 is 0 Å². The van der Waals surface area contributed by atoms with Crippen LogP contribution in [0, 0.1) is 11.3 Å². The summed E-state index contributed by atoms with van der Waals surface area (Å²) in [6, 6.07) is 6.85. The normalized spacial score (nSPS) is 19.9. The molecule has 0 aliphatic carbocycles. The molecular weight excluding hydrogens is 314 g/mol. The predicted molar refractivity (Wildman–Crippen MR) is 86.0 cm³/mol. The lowest BCUT2D eigenvalue weighted by molar-refractivity contribution is -0.135. The van der Waals surface area contributed by atoms with E-state index in [1.807, 2.05) is 13.0 Å². The van der Waals surface area contributed by atoms with E-state index in [-0.39, 0.29) is 16.8 Å². The van der Waals surface area contributed by atoms with Gasteiger partial charge in [0.1, 0.15) is 0 Å². The second kappa shape index (κ2) is 7.11. The van der Waals surface area contributed by atoms with Gasteiger partial charge in [0.2, 0.25) is 15.9 Å². The zero-order valence-corrected chi connectivity index (χ0v) is 14.1. The van der Waals surface area contributed by atoms with E-state index in [1.165, 1.54) is 24.3 Å². The van der Waals surface area contributed by atoms with Crippen LogP contribution in [0.4, 0.5) is 0 Å². The summed E-state index contributed by atoms with van der Waals surface area (Å²) in [6.45, 7) is 4.21. The Morgan fingerprint density at radius 2 is 2.00 bits per heavy atom. The Hall–Kier alpha value is -1.91. The molecule has 7 heteroatoms. The molecule has 0 unspecified atom stereocenters. The number of likely N-dealkylation sites (tertiary alicyclic amines) is 1. The first-order chi connectivity index (χ1) is 10.8. The lowest BCUT2D eigenvalue weighted by Gasteiger charge is -2.35. The van der Waals surface area contributed by atoms with E-state index in [1.54, 1.807) is 11.8 Å². The lowest BCUT2D eigenvalue weighted by Crippen LogP contribution is -2.51. The number of carbonyl (C=O) groups excluding carboxylic acids is 1. The first-order valence-corrected chi connectivity index (χ1v) is 9.16. The minimum absolute atomic E-state index is 0.0443. The van der Waals surface area contributed by atoms with Crippen molar-refractivity contribution < 1.29 is 13.2 Å². The fourth-order valence-electron chi connectivity index (χ4n) is 2.73. The highest BCUT2D eigenvalue weighted by Gasteiger charge is 2.29. The number of sulfonamides is 1. The maximum Gasteiger partial charge on any atom is 0.241 e. The molecule has 0 saturated carbocycles. The maximum absolute atomic E-state index is 12.5. The highest BCUT2D eigenvalue weighted by molar-refractivity contribution is 7.89. The van der Waals surface area contributed by atoms with Gasteiger partial charge in [-0.1, -0.05) is 0 Å². The number of nitrogens with one attached hydrogen (secondary N) is 1. The molecule has 1 aliphatic heterocycles. The SMILES string of the molecule is C[C@@H](NS(=O)(=O)c1ccc(C#N)cc1)C(=O)N1CCCC[C@@H]1C. The summed E-state index contributed by atoms with van der Waals surface area (Å²) >= 11 is 0. The highest BCUT2D eigenvalue weighted by Crippen LogP contribution is 2.18. The van der Waals surface area contributed by atoms with Crippen LogP contribution in [0.5, 0.6) is 0 Å². The molecule has 1 fully saturated rings. The summed E-state index contributed by atoms with van der Waals surface area (Å²) in [5.41, 5.74) is 0.384. The molecule has 2 rings (SSSR count). The van der Waals surface area contributed by atoms with Crippen molar-refractivity contribution in [2.24, 2.45) is 0 Å². The van der Waals surface area contributed by atoms with E-state index in [4.69, 9.17) is 5.26 Å². The average Bonchev–Trinajstić information content (AvgIpc) is 2.54. The molecule has 1 aromatic rings. The summed E-state index contributed by atoms with van der Waals surface area (Å²) in [5, 5.41) is 8.75. The number of rotatable bonds is 4. The van der Waals surface area contributed by atoms with Crippen LogP contribution in [0.25, 0.3) is 0 Å². The molecule has 0 radical (unpaired) electrons. The van der Waals surface area contributed by atoms with E-state index in [9.17, 15) is 13.2 Å². The average molecular weight is 335 g/mol. The largest absolute Gasteiger partial charge is 0.339 e. The van der Waals surface area contributed by atoms with Crippen LogP contribution in [0.3, 0.4) is 0 Å². The van der Waals surface area contributed by atoms with Gasteiger partial charge >= 0.3 is 0 Å². The Morgan fingerprint density at radius 1 is 1.35 bits per heavy atom. The number of piperidine rings is 1. The van der Waals surface area contributed by atoms with Gasteiger partial charge in [-0.25, -0.2) is 8.42 Å². The van der Waals surface area contributed by atoms with Gasteiger partial charge in [-0.2, -0.15) is 9.98 Å². The molecule has 0 aromatic heterocycles. The van der Waals surface area contributed by atoms with E-state index in [0.717, 1.165) is 19.3 Å². The molecule has 1 aliphatic rings. The van der Waals surface area contributed by atoms with Crippen LogP contribution in [0.1, 0.15) is 38.7 Å². The number of benzene rings is 1. The van der Waals surface area contributed by atoms with Crippen molar-refractivity contribution in [1.82, 2.24) is 9.62 Å². The third kappa shape index (κ3) is 4.09. The minimum atomic E-state index is -3.79. The van der Waals surface area contributed by atoms with E-state index in [2.05, 4.69) is 4.72 Å². The van der Waals surface area contributed by atoms with Gasteiger partial charge in [-0.05, 0) is 57.4 Å². The molecule has 124 valence electrons. The zero-order chi connectivity index (χ0) is 17.0. The molecule has 23 heavy (non-hydrogen) atoms. The van der Waals surface area contributed by atoms with Crippen molar-refractivity contribution in [1.29, 1.82) is 5.26 Å². The van der Waals surface area contributed by atoms with Crippen LogP contribution in [-0.2, 0) is 14.8 Å². The van der Waals surface area contributed by atoms with E-state index >= 15 is 0 Å². The molecule has 0 bridgehead atoms. The number of nitriles is 1. The molecule has 1 heterocycles. The summed E-state index contributed by atoms with van der Waals surface area (Å²) in [6.07, 6.45) is 2.99. The smallest absolute Gasteiger partial charge is 0.241 e. The lowest BCUT2D eigenvalue weighted by atomic mass is 10.0. The van der Waals surface area contributed by atoms with Gasteiger partial charge in [-0.3, -0.25) is 4.79 Å². The zero-order valence-electron chi connectivity index (χ0n) is 13.3. The third-order valence-electron chi connectivity index (χ3n) is 4.08. The molecular formula is C16H21N3O3S. The van der Waals surface area contributed by atoms with Crippen LogP contribution in [0.2, 0.25) is 0 Å². The second-order valence-electron chi connectivity index (χ2n) is 5.86. The minimum Gasteiger partial charge on any atom is -0.339 e. The fourth-order valence-corrected chi connectivity index (χ4v) is 3.93. The van der Waals surface area contributed by atoms with Crippen molar-refractivity contribution in [3.05, 3.63) is 29.8 Å². The Bertz CT molecular complexity index is 707. The van der Waals surface area contributed by atoms with Gasteiger partial charge in [-0.15, -0.1) is 0 Å². The van der Waals surface area contributed by atoms with E-state index < -0.39 is 16.1 Å². The quantitative estimate of drug-likeness (QED) is 0.905. The summed E-state index contributed by atoms with van der Waals surface area (Å²) < 4.78 is 27.1. The Morgan fingerprint density at radius 3 is 2.57 bits per heavy atom. The molecule has 1 saturated heterocycles. The molecule has 1 N–H and O–H groups in total. The molecule has 2 atom stereocenters. The summed E-state index contributed by atoms with van der Waals surface area (Å²) in [7, 11) is -3.79. The number of hydrogen-bond acceptors (Lipinski definition) is 4. The molecule has 0 spiro atoms. The molecule has 1 aromatic carbocycles. The van der Waals surface area contributed by atoms with Crippen molar-refractivity contribution >= 4 is 15.9 Å². The predicted octanol–water partition coefficient (Wildman–Crippen LogP) is 1.63. The van der Waals surface area contributed by atoms with Crippen molar-refractivity contribution in [2.75, 3.05) is 6.54 Å². The molecule has 1 amide bonds. The Balaban J connectivity index is 2.09.